The van der Waals surface area contributed by atoms with Crippen LogP contribution in [0.25, 0.3) is 0 Å². The van der Waals surface area contributed by atoms with Gasteiger partial charge in [0.25, 0.3) is 0 Å². The molecule has 19 heavy (non-hydrogen) atoms. The van der Waals surface area contributed by atoms with E-state index in [1.807, 2.05) is 6.20 Å². The Morgan fingerprint density at radius 3 is 2.53 bits per heavy atom. The number of benzene rings is 1. The minimum atomic E-state index is 1.02. The summed E-state index contributed by atoms with van der Waals surface area (Å²) < 4.78 is 0. The number of nitrogens with zero attached hydrogens (tertiary/aromatic N) is 3. The number of hydrogen-bond acceptors (Lipinski definition) is 3. The summed E-state index contributed by atoms with van der Waals surface area (Å²) in [5.41, 5.74) is 5.18. The lowest BCUT2D eigenvalue weighted by Crippen LogP contribution is -2.14. The van der Waals surface area contributed by atoms with Gasteiger partial charge in [0, 0.05) is 38.2 Å². The van der Waals surface area contributed by atoms with Gasteiger partial charge in [-0.1, -0.05) is 0 Å². The fraction of sp³-hybridized carbons (Fsp3) is 0.312. The molecule has 3 rings (SSSR count). The van der Waals surface area contributed by atoms with E-state index in [2.05, 4.69) is 66.1 Å². The Hall–Kier alpha value is -2.03. The van der Waals surface area contributed by atoms with Crippen LogP contribution in [0, 0.1) is 6.92 Å². The van der Waals surface area contributed by atoms with Crippen LogP contribution in [0.2, 0.25) is 0 Å². The lowest BCUT2D eigenvalue weighted by Gasteiger charge is -2.20. The Balaban J connectivity index is 1.95. The molecule has 2 heterocycles. The number of fused-ring (bicyclic) bond motifs is 1. The van der Waals surface area contributed by atoms with Crippen molar-refractivity contribution in [2.45, 2.75) is 13.3 Å². The first kappa shape index (κ1) is 12.0. The van der Waals surface area contributed by atoms with Crippen molar-refractivity contribution >= 4 is 17.2 Å². The molecule has 98 valence electrons. The van der Waals surface area contributed by atoms with Gasteiger partial charge in [0.1, 0.15) is 5.82 Å². The molecular formula is C16H19N3. The first-order valence-electron chi connectivity index (χ1n) is 6.66. The van der Waals surface area contributed by atoms with E-state index >= 15 is 0 Å². The van der Waals surface area contributed by atoms with Gasteiger partial charge in [0.05, 0.1) is 0 Å². The quantitative estimate of drug-likeness (QED) is 0.819. The van der Waals surface area contributed by atoms with Gasteiger partial charge in [-0.3, -0.25) is 0 Å². The third kappa shape index (κ3) is 2.05. The summed E-state index contributed by atoms with van der Waals surface area (Å²) >= 11 is 0. The van der Waals surface area contributed by atoms with Crippen LogP contribution < -0.4 is 9.80 Å². The molecule has 0 aliphatic carbocycles. The van der Waals surface area contributed by atoms with Gasteiger partial charge in [-0.2, -0.15) is 0 Å². The standard InChI is InChI=1S/C16H19N3/c1-12-8-10-17-16-15(12)9-11-19(16)14-6-4-13(5-7-14)18(2)3/h4-8,10H,9,11H2,1-3H3. The van der Waals surface area contributed by atoms with E-state index < -0.39 is 0 Å². The molecule has 1 aliphatic rings. The zero-order valence-electron chi connectivity index (χ0n) is 11.7. The lowest BCUT2D eigenvalue weighted by atomic mass is 10.1. The first-order valence-corrected chi connectivity index (χ1v) is 6.66. The van der Waals surface area contributed by atoms with Crippen LogP contribution in [0.5, 0.6) is 0 Å². The van der Waals surface area contributed by atoms with Crippen molar-refractivity contribution in [2.75, 3.05) is 30.4 Å². The normalized spacial score (nSPS) is 13.5. The average molecular weight is 253 g/mol. The molecule has 0 atom stereocenters. The predicted molar refractivity (Wildman–Crippen MR) is 80.5 cm³/mol. The van der Waals surface area contributed by atoms with Gasteiger partial charge >= 0.3 is 0 Å². The predicted octanol–water partition coefficient (Wildman–Crippen LogP) is 3.15. The monoisotopic (exact) mass is 253 g/mol. The van der Waals surface area contributed by atoms with Crippen LogP contribution in [0.3, 0.4) is 0 Å². The molecule has 0 radical (unpaired) electrons. The van der Waals surface area contributed by atoms with E-state index in [9.17, 15) is 0 Å². The molecule has 0 bridgehead atoms. The Morgan fingerprint density at radius 2 is 1.84 bits per heavy atom. The van der Waals surface area contributed by atoms with Crippen LogP contribution in [-0.2, 0) is 6.42 Å². The van der Waals surface area contributed by atoms with Crippen molar-refractivity contribution in [1.29, 1.82) is 0 Å². The second-order valence-electron chi connectivity index (χ2n) is 5.24. The number of aryl methyl sites for hydroxylation is 1. The summed E-state index contributed by atoms with van der Waals surface area (Å²) in [6.45, 7) is 3.19. The third-order valence-corrected chi connectivity index (χ3v) is 3.79. The maximum Gasteiger partial charge on any atom is 0.136 e. The highest BCUT2D eigenvalue weighted by atomic mass is 15.2. The van der Waals surface area contributed by atoms with Gasteiger partial charge < -0.3 is 9.80 Å². The molecule has 0 amide bonds. The van der Waals surface area contributed by atoms with Gasteiger partial charge in [-0.25, -0.2) is 4.98 Å². The summed E-state index contributed by atoms with van der Waals surface area (Å²) in [5, 5.41) is 0. The zero-order chi connectivity index (χ0) is 13.4. The van der Waals surface area contributed by atoms with Crippen molar-refractivity contribution < 1.29 is 0 Å². The molecule has 2 aromatic rings. The van der Waals surface area contributed by atoms with Gasteiger partial charge in [-0.05, 0) is 54.8 Å². The Kier molecular flexibility index (Phi) is 2.90. The van der Waals surface area contributed by atoms with Crippen LogP contribution in [-0.4, -0.2) is 25.6 Å². The van der Waals surface area contributed by atoms with Crippen molar-refractivity contribution in [1.82, 2.24) is 4.98 Å². The summed E-state index contributed by atoms with van der Waals surface area (Å²) in [6.07, 6.45) is 2.99. The number of pyridine rings is 1. The number of rotatable bonds is 2. The van der Waals surface area contributed by atoms with E-state index in [-0.39, 0.29) is 0 Å². The minimum absolute atomic E-state index is 1.02. The van der Waals surface area contributed by atoms with Crippen molar-refractivity contribution in [3.8, 4) is 0 Å². The molecule has 3 heteroatoms. The summed E-state index contributed by atoms with van der Waals surface area (Å²) in [4.78, 5) is 8.97. The summed E-state index contributed by atoms with van der Waals surface area (Å²) in [6, 6.07) is 10.8. The second kappa shape index (κ2) is 4.57. The average Bonchev–Trinajstić information content (AvgIpc) is 2.84. The smallest absolute Gasteiger partial charge is 0.136 e. The molecule has 0 saturated carbocycles. The SMILES string of the molecule is Cc1ccnc2c1CCN2c1ccc(N(C)C)cc1. The van der Waals surface area contributed by atoms with Crippen molar-refractivity contribution in [3.05, 3.63) is 47.7 Å². The molecule has 0 spiro atoms. The molecule has 1 aliphatic heterocycles. The van der Waals surface area contributed by atoms with Crippen LogP contribution in [0.15, 0.2) is 36.5 Å². The van der Waals surface area contributed by atoms with Crippen LogP contribution in [0.1, 0.15) is 11.1 Å². The number of hydrogen-bond donors (Lipinski definition) is 0. The maximum absolute atomic E-state index is 4.55. The fourth-order valence-electron chi connectivity index (χ4n) is 2.63. The van der Waals surface area contributed by atoms with E-state index in [1.54, 1.807) is 0 Å². The molecule has 0 N–H and O–H groups in total. The third-order valence-electron chi connectivity index (χ3n) is 3.79. The Morgan fingerprint density at radius 1 is 1.11 bits per heavy atom. The Bertz CT molecular complexity index is 587. The van der Waals surface area contributed by atoms with Gasteiger partial charge in [-0.15, -0.1) is 0 Å². The molecule has 1 aromatic carbocycles. The second-order valence-corrected chi connectivity index (χ2v) is 5.24. The molecule has 3 nitrogen and oxygen atoms in total. The fourth-order valence-corrected chi connectivity index (χ4v) is 2.63. The number of aromatic nitrogens is 1. The summed E-state index contributed by atoms with van der Waals surface area (Å²) in [7, 11) is 4.12. The Labute approximate surface area is 114 Å². The van der Waals surface area contributed by atoms with E-state index in [4.69, 9.17) is 0 Å². The first-order chi connectivity index (χ1) is 9.16. The molecular weight excluding hydrogens is 234 g/mol. The maximum atomic E-state index is 4.55. The van der Waals surface area contributed by atoms with Gasteiger partial charge in [0.2, 0.25) is 0 Å². The van der Waals surface area contributed by atoms with E-state index in [1.165, 1.54) is 22.5 Å². The highest BCUT2D eigenvalue weighted by Gasteiger charge is 2.22. The topological polar surface area (TPSA) is 19.4 Å². The van der Waals surface area contributed by atoms with Crippen molar-refractivity contribution in [2.24, 2.45) is 0 Å². The van der Waals surface area contributed by atoms with Gasteiger partial charge in [0.15, 0.2) is 0 Å². The molecule has 0 saturated heterocycles. The lowest BCUT2D eigenvalue weighted by molar-refractivity contribution is 0.987. The molecule has 0 fully saturated rings. The van der Waals surface area contributed by atoms with Crippen LogP contribution in [0.4, 0.5) is 17.2 Å². The van der Waals surface area contributed by atoms with E-state index in [0.717, 1.165) is 18.8 Å². The largest absolute Gasteiger partial charge is 0.378 e. The minimum Gasteiger partial charge on any atom is -0.378 e. The molecule has 0 unspecified atom stereocenters. The number of anilines is 3. The summed E-state index contributed by atoms with van der Waals surface area (Å²) in [5.74, 6) is 1.12. The van der Waals surface area contributed by atoms with E-state index in [0.29, 0.717) is 0 Å². The van der Waals surface area contributed by atoms with Crippen molar-refractivity contribution in [3.63, 3.8) is 0 Å². The highest BCUT2D eigenvalue weighted by molar-refractivity contribution is 5.69. The molecule has 1 aromatic heterocycles. The van der Waals surface area contributed by atoms with Crippen LogP contribution >= 0.6 is 0 Å². The highest BCUT2D eigenvalue weighted by Crippen LogP contribution is 2.34. The zero-order valence-corrected chi connectivity index (χ0v) is 11.7.